The Bertz CT molecular complexity index is 390. The Hall–Kier alpha value is -0.380. The first-order valence-corrected chi connectivity index (χ1v) is 8.70. The van der Waals surface area contributed by atoms with Crippen molar-refractivity contribution in [2.75, 3.05) is 13.1 Å². The molecule has 2 rings (SSSR count). The van der Waals surface area contributed by atoms with E-state index in [1.54, 1.807) is 0 Å². The lowest BCUT2D eigenvalue weighted by atomic mass is 9.97. The number of hydrogen-bond acceptors (Lipinski definition) is 2. The van der Waals surface area contributed by atoms with Crippen molar-refractivity contribution in [2.45, 2.75) is 57.7 Å². The zero-order valence-corrected chi connectivity index (χ0v) is 14.0. The number of hydrogen-bond donors (Lipinski definition) is 1. The summed E-state index contributed by atoms with van der Waals surface area (Å²) in [6, 6.07) is 8.52. The summed E-state index contributed by atoms with van der Waals surface area (Å²) in [6.07, 6.45) is 8.22. The van der Waals surface area contributed by atoms with Crippen LogP contribution in [-0.2, 0) is 4.74 Å². The highest BCUT2D eigenvalue weighted by Gasteiger charge is 2.20. The summed E-state index contributed by atoms with van der Waals surface area (Å²) in [4.78, 5) is 0. The third-order valence-corrected chi connectivity index (χ3v) is 4.38. The molecule has 1 aliphatic carbocycles. The van der Waals surface area contributed by atoms with Crippen molar-refractivity contribution < 1.29 is 4.74 Å². The summed E-state index contributed by atoms with van der Waals surface area (Å²) < 4.78 is 7.52. The second-order valence-electron chi connectivity index (χ2n) is 5.64. The van der Waals surface area contributed by atoms with Crippen molar-refractivity contribution in [1.82, 2.24) is 5.32 Å². The van der Waals surface area contributed by atoms with Crippen molar-refractivity contribution in [3.05, 3.63) is 34.3 Å². The molecular formula is C17H26BrNO. The molecule has 3 heteroatoms. The summed E-state index contributed by atoms with van der Waals surface area (Å²) in [5.41, 5.74) is 1.27. The van der Waals surface area contributed by atoms with Crippen molar-refractivity contribution in [3.63, 3.8) is 0 Å². The van der Waals surface area contributed by atoms with Crippen LogP contribution in [-0.4, -0.2) is 19.2 Å². The molecule has 0 radical (unpaired) electrons. The Balaban J connectivity index is 1.99. The van der Waals surface area contributed by atoms with E-state index in [1.807, 2.05) is 0 Å². The van der Waals surface area contributed by atoms with Crippen LogP contribution in [0, 0.1) is 0 Å². The number of rotatable bonds is 7. The maximum absolute atomic E-state index is 6.40. The van der Waals surface area contributed by atoms with Gasteiger partial charge in [0.25, 0.3) is 0 Å². The Morgan fingerprint density at radius 3 is 2.80 bits per heavy atom. The van der Waals surface area contributed by atoms with Crippen molar-refractivity contribution in [1.29, 1.82) is 0 Å². The minimum atomic E-state index is 0.169. The average molecular weight is 340 g/mol. The van der Waals surface area contributed by atoms with Crippen molar-refractivity contribution in [3.8, 4) is 0 Å². The summed E-state index contributed by atoms with van der Waals surface area (Å²) in [6.45, 7) is 4.16. The van der Waals surface area contributed by atoms with E-state index in [2.05, 4.69) is 52.4 Å². The molecule has 1 saturated carbocycles. The second-order valence-corrected chi connectivity index (χ2v) is 6.56. The first kappa shape index (κ1) is 16.0. The van der Waals surface area contributed by atoms with Gasteiger partial charge in [-0.3, -0.25) is 0 Å². The van der Waals surface area contributed by atoms with Gasteiger partial charge in [-0.05, 0) is 43.5 Å². The molecule has 1 atom stereocenters. The van der Waals surface area contributed by atoms with E-state index in [4.69, 9.17) is 4.74 Å². The molecule has 0 amide bonds. The zero-order chi connectivity index (χ0) is 14.2. The van der Waals surface area contributed by atoms with Gasteiger partial charge in [0, 0.05) is 11.0 Å². The lowest BCUT2D eigenvalue weighted by molar-refractivity contribution is -0.0305. The maximum atomic E-state index is 6.40. The van der Waals surface area contributed by atoms with Gasteiger partial charge in [0.2, 0.25) is 0 Å². The Morgan fingerprint density at radius 2 is 2.10 bits per heavy atom. The van der Waals surface area contributed by atoms with Gasteiger partial charge in [-0.2, -0.15) is 0 Å². The normalized spacial score (nSPS) is 18.1. The van der Waals surface area contributed by atoms with E-state index in [0.717, 1.165) is 24.0 Å². The second kappa shape index (κ2) is 8.81. The molecule has 0 bridgehead atoms. The molecule has 0 aliphatic heterocycles. The number of ether oxygens (including phenoxy) is 1. The lowest BCUT2D eigenvalue weighted by Gasteiger charge is -2.28. The molecule has 1 aliphatic rings. The average Bonchev–Trinajstić information content (AvgIpc) is 2.47. The molecule has 2 nitrogen and oxygen atoms in total. The minimum Gasteiger partial charge on any atom is -0.369 e. The molecule has 1 aromatic carbocycles. The van der Waals surface area contributed by atoms with Gasteiger partial charge in [0.1, 0.15) is 0 Å². The van der Waals surface area contributed by atoms with Crippen LogP contribution in [0.4, 0.5) is 0 Å². The van der Waals surface area contributed by atoms with E-state index < -0.39 is 0 Å². The highest BCUT2D eigenvalue weighted by molar-refractivity contribution is 9.10. The summed E-state index contributed by atoms with van der Waals surface area (Å²) in [7, 11) is 0. The molecule has 1 unspecified atom stereocenters. The Morgan fingerprint density at radius 1 is 1.30 bits per heavy atom. The van der Waals surface area contributed by atoms with E-state index in [9.17, 15) is 0 Å². The van der Waals surface area contributed by atoms with Crippen LogP contribution < -0.4 is 5.32 Å². The van der Waals surface area contributed by atoms with E-state index in [-0.39, 0.29) is 6.10 Å². The van der Waals surface area contributed by atoms with E-state index in [0.29, 0.717) is 6.10 Å². The Kier molecular flexibility index (Phi) is 7.05. The van der Waals surface area contributed by atoms with Gasteiger partial charge < -0.3 is 10.1 Å². The summed E-state index contributed by atoms with van der Waals surface area (Å²) in [5.74, 6) is 0. The van der Waals surface area contributed by atoms with E-state index in [1.165, 1.54) is 37.7 Å². The number of halogens is 1. The van der Waals surface area contributed by atoms with Gasteiger partial charge in [-0.25, -0.2) is 0 Å². The first-order valence-electron chi connectivity index (χ1n) is 7.91. The molecule has 0 aromatic heterocycles. The summed E-state index contributed by atoms with van der Waals surface area (Å²) in [5, 5.41) is 3.50. The SMILES string of the molecule is CCCNCC(OC1CCCCC1)c1cccc(Br)c1. The zero-order valence-electron chi connectivity index (χ0n) is 12.4. The first-order chi connectivity index (χ1) is 9.79. The highest BCUT2D eigenvalue weighted by Crippen LogP contribution is 2.28. The largest absolute Gasteiger partial charge is 0.369 e. The lowest BCUT2D eigenvalue weighted by Crippen LogP contribution is -2.28. The molecule has 1 N–H and O–H groups in total. The molecule has 0 spiro atoms. The molecular weight excluding hydrogens is 314 g/mol. The van der Waals surface area contributed by atoms with Gasteiger partial charge in [-0.15, -0.1) is 0 Å². The van der Waals surface area contributed by atoms with Crippen LogP contribution in [0.5, 0.6) is 0 Å². The Labute approximate surface area is 131 Å². The summed E-state index contributed by atoms with van der Waals surface area (Å²) >= 11 is 3.56. The smallest absolute Gasteiger partial charge is 0.0953 e. The fourth-order valence-electron chi connectivity index (χ4n) is 2.79. The fourth-order valence-corrected chi connectivity index (χ4v) is 3.21. The van der Waals surface area contributed by atoms with Gasteiger partial charge in [-0.1, -0.05) is 54.2 Å². The monoisotopic (exact) mass is 339 g/mol. The molecule has 0 heterocycles. The molecule has 20 heavy (non-hydrogen) atoms. The fraction of sp³-hybridized carbons (Fsp3) is 0.647. The van der Waals surface area contributed by atoms with Gasteiger partial charge in [0.15, 0.2) is 0 Å². The quantitative estimate of drug-likeness (QED) is 0.717. The van der Waals surface area contributed by atoms with Crippen LogP contribution >= 0.6 is 15.9 Å². The van der Waals surface area contributed by atoms with Crippen LogP contribution in [0.1, 0.15) is 57.1 Å². The predicted molar refractivity (Wildman–Crippen MR) is 88.0 cm³/mol. The molecule has 1 fully saturated rings. The number of benzene rings is 1. The topological polar surface area (TPSA) is 21.3 Å². The molecule has 1 aromatic rings. The maximum Gasteiger partial charge on any atom is 0.0953 e. The molecule has 112 valence electrons. The number of nitrogens with one attached hydrogen (secondary N) is 1. The highest BCUT2D eigenvalue weighted by atomic mass is 79.9. The van der Waals surface area contributed by atoms with E-state index >= 15 is 0 Å². The van der Waals surface area contributed by atoms with Crippen LogP contribution in [0.3, 0.4) is 0 Å². The third kappa shape index (κ3) is 5.19. The van der Waals surface area contributed by atoms with Crippen LogP contribution in [0.2, 0.25) is 0 Å². The standard InChI is InChI=1S/C17H26BrNO/c1-2-11-19-13-17(14-7-6-8-15(18)12-14)20-16-9-4-3-5-10-16/h6-8,12,16-17,19H,2-5,9-11,13H2,1H3. The molecule has 0 saturated heterocycles. The van der Waals surface area contributed by atoms with Gasteiger partial charge in [0.05, 0.1) is 12.2 Å². The van der Waals surface area contributed by atoms with Crippen LogP contribution in [0.15, 0.2) is 28.7 Å². The van der Waals surface area contributed by atoms with Gasteiger partial charge >= 0.3 is 0 Å². The minimum absolute atomic E-state index is 0.169. The van der Waals surface area contributed by atoms with Crippen molar-refractivity contribution in [2.24, 2.45) is 0 Å². The van der Waals surface area contributed by atoms with Crippen LogP contribution in [0.25, 0.3) is 0 Å². The third-order valence-electron chi connectivity index (χ3n) is 3.89. The predicted octanol–water partition coefficient (Wildman–Crippen LogP) is 4.84. The van der Waals surface area contributed by atoms with Crippen molar-refractivity contribution >= 4 is 15.9 Å².